The van der Waals surface area contributed by atoms with Crippen LogP contribution in [-0.4, -0.2) is 16.6 Å². The predicted octanol–water partition coefficient (Wildman–Crippen LogP) is 19.0. The standard InChI is InChI=1S/C54H99O4P/c1-4-7-10-13-16-19-22-25-28-31-34-37-40-43-46-49-52(55)59(58,53(56)50-47-44-41-38-35-32-29-26-23-20-17-14-11-8-5-2)54(57)51-48-45-42-39-36-33-30-27-24-21-18-15-12-9-6-3/h25-30H,4-24,31-51H2,1-3H3. The Balaban J connectivity index is 4.61. The fourth-order valence-electron chi connectivity index (χ4n) is 7.93. The Bertz CT molecular complexity index is 955. The van der Waals surface area contributed by atoms with Crippen LogP contribution < -0.4 is 0 Å². The summed E-state index contributed by atoms with van der Waals surface area (Å²) in [6, 6.07) is 0. The molecule has 344 valence electrons. The monoisotopic (exact) mass is 843 g/mol. The van der Waals surface area contributed by atoms with Gasteiger partial charge in [0.25, 0.3) is 7.14 Å². The minimum atomic E-state index is -4.20. The van der Waals surface area contributed by atoms with E-state index in [9.17, 15) is 18.9 Å². The minimum Gasteiger partial charge on any atom is -0.299 e. The van der Waals surface area contributed by atoms with Crippen LogP contribution in [0.4, 0.5) is 0 Å². The molecule has 0 aromatic carbocycles. The van der Waals surface area contributed by atoms with Gasteiger partial charge in [0.05, 0.1) is 0 Å². The molecule has 0 aliphatic carbocycles. The van der Waals surface area contributed by atoms with Crippen LogP contribution in [0.25, 0.3) is 0 Å². The highest BCUT2D eigenvalue weighted by Crippen LogP contribution is 2.52. The fourth-order valence-corrected chi connectivity index (χ4v) is 10.2. The number of unbranched alkanes of at least 4 members (excludes halogenated alkanes) is 33. The van der Waals surface area contributed by atoms with E-state index in [1.165, 1.54) is 135 Å². The SMILES string of the molecule is CCCCCCCCC=CCCCCCCCC(=O)P(=O)(C(=O)CCCCCCCC=CCCCCCCCC)C(=O)CCCCCCCC=CCCCCCCCC. The summed E-state index contributed by atoms with van der Waals surface area (Å²) in [5.41, 5.74) is -1.69. The third-order valence-corrected chi connectivity index (χ3v) is 14.8. The van der Waals surface area contributed by atoms with Crippen molar-refractivity contribution < 1.29 is 18.9 Å². The van der Waals surface area contributed by atoms with E-state index in [2.05, 4.69) is 57.2 Å². The van der Waals surface area contributed by atoms with Crippen molar-refractivity contribution in [2.75, 3.05) is 0 Å². The molecule has 0 rings (SSSR count). The summed E-state index contributed by atoms with van der Waals surface area (Å²) in [6.45, 7) is 6.78. The Morgan fingerprint density at radius 2 is 0.441 bits per heavy atom. The van der Waals surface area contributed by atoms with Crippen LogP contribution in [0.15, 0.2) is 36.5 Å². The van der Waals surface area contributed by atoms with Gasteiger partial charge in [-0.15, -0.1) is 0 Å². The maximum atomic E-state index is 14.2. The van der Waals surface area contributed by atoms with Gasteiger partial charge in [-0.1, -0.05) is 211 Å². The van der Waals surface area contributed by atoms with E-state index in [-0.39, 0.29) is 19.3 Å². The molecule has 5 heteroatoms. The molecule has 0 atom stereocenters. The Morgan fingerprint density at radius 3 is 0.644 bits per heavy atom. The lowest BCUT2D eigenvalue weighted by molar-refractivity contribution is -0.118. The number of hydrogen-bond acceptors (Lipinski definition) is 4. The van der Waals surface area contributed by atoms with Gasteiger partial charge >= 0.3 is 0 Å². The highest BCUT2D eigenvalue weighted by molar-refractivity contribution is 8.06. The number of carbonyl (C=O) groups excluding carboxylic acids is 3. The average molecular weight is 843 g/mol. The molecule has 0 N–H and O–H groups in total. The van der Waals surface area contributed by atoms with E-state index in [4.69, 9.17) is 0 Å². The third-order valence-electron chi connectivity index (χ3n) is 12.0. The van der Waals surface area contributed by atoms with Crippen LogP contribution >= 0.6 is 7.14 Å². The van der Waals surface area contributed by atoms with Crippen LogP contribution in [-0.2, 0) is 18.9 Å². The summed E-state index contributed by atoms with van der Waals surface area (Å²) in [6.07, 6.45) is 59.3. The van der Waals surface area contributed by atoms with Crippen LogP contribution in [0.5, 0.6) is 0 Å². The Kier molecular flexibility index (Phi) is 44.8. The molecule has 0 heterocycles. The van der Waals surface area contributed by atoms with Gasteiger partial charge < -0.3 is 0 Å². The summed E-state index contributed by atoms with van der Waals surface area (Å²) < 4.78 is 14.2. The van der Waals surface area contributed by atoms with Crippen LogP contribution in [0.3, 0.4) is 0 Å². The highest BCUT2D eigenvalue weighted by Gasteiger charge is 2.44. The van der Waals surface area contributed by atoms with Crippen molar-refractivity contribution >= 4 is 23.7 Å². The van der Waals surface area contributed by atoms with Gasteiger partial charge in [0, 0.05) is 19.3 Å². The van der Waals surface area contributed by atoms with E-state index in [1.807, 2.05) is 0 Å². The molecule has 0 aromatic heterocycles. The van der Waals surface area contributed by atoms with E-state index < -0.39 is 23.7 Å². The van der Waals surface area contributed by atoms with Crippen LogP contribution in [0.2, 0.25) is 0 Å². The molecule has 0 saturated carbocycles. The fraction of sp³-hybridized carbons (Fsp3) is 0.833. The summed E-state index contributed by atoms with van der Waals surface area (Å²) in [5, 5.41) is 0. The molecular formula is C54H99O4P. The van der Waals surface area contributed by atoms with Gasteiger partial charge in [-0.2, -0.15) is 0 Å². The molecule has 4 nitrogen and oxygen atoms in total. The Labute approximate surface area is 368 Å². The molecule has 0 bridgehead atoms. The second-order valence-electron chi connectivity index (χ2n) is 17.8. The van der Waals surface area contributed by atoms with Crippen molar-refractivity contribution in [1.29, 1.82) is 0 Å². The second kappa shape index (κ2) is 46.0. The van der Waals surface area contributed by atoms with Crippen molar-refractivity contribution in [2.45, 2.75) is 290 Å². The number of carbonyl (C=O) groups is 3. The zero-order valence-electron chi connectivity index (χ0n) is 39.7. The zero-order valence-corrected chi connectivity index (χ0v) is 40.6. The lowest BCUT2D eigenvalue weighted by Crippen LogP contribution is -2.17. The molecule has 59 heavy (non-hydrogen) atoms. The second-order valence-corrected chi connectivity index (χ2v) is 20.5. The molecule has 0 aliphatic rings. The zero-order chi connectivity index (χ0) is 43.2. The summed E-state index contributed by atoms with van der Waals surface area (Å²) in [7, 11) is -4.20. The number of hydrogen-bond donors (Lipinski definition) is 0. The smallest absolute Gasteiger partial charge is 0.272 e. The average Bonchev–Trinajstić information content (AvgIpc) is 3.24. The molecule has 0 radical (unpaired) electrons. The first-order valence-electron chi connectivity index (χ1n) is 26.1. The first-order chi connectivity index (χ1) is 28.9. The van der Waals surface area contributed by atoms with Crippen LogP contribution in [0.1, 0.15) is 290 Å². The Hall–Kier alpha value is -1.54. The molecule has 0 spiro atoms. The number of rotatable bonds is 48. The van der Waals surface area contributed by atoms with Gasteiger partial charge in [-0.05, 0) is 96.3 Å². The first-order valence-corrected chi connectivity index (χ1v) is 27.8. The lowest BCUT2D eigenvalue weighted by atomic mass is 10.1. The molecule has 0 fully saturated rings. The first kappa shape index (κ1) is 57.5. The molecular weight excluding hydrogens is 744 g/mol. The van der Waals surface area contributed by atoms with Gasteiger partial charge in [0.15, 0.2) is 0 Å². The van der Waals surface area contributed by atoms with Gasteiger partial charge in [-0.3, -0.25) is 18.9 Å². The molecule has 0 unspecified atom stereocenters. The molecule has 0 aliphatic heterocycles. The summed E-state index contributed by atoms with van der Waals surface area (Å²) in [4.78, 5) is 40.4. The Morgan fingerprint density at radius 1 is 0.271 bits per heavy atom. The predicted molar refractivity (Wildman–Crippen MR) is 261 cm³/mol. The quantitative estimate of drug-likeness (QED) is 0.0348. The van der Waals surface area contributed by atoms with Crippen molar-refractivity contribution in [3.63, 3.8) is 0 Å². The highest BCUT2D eigenvalue weighted by atomic mass is 31.2. The van der Waals surface area contributed by atoms with Crippen LogP contribution in [0, 0.1) is 0 Å². The van der Waals surface area contributed by atoms with Crippen molar-refractivity contribution in [3.8, 4) is 0 Å². The van der Waals surface area contributed by atoms with Crippen molar-refractivity contribution in [3.05, 3.63) is 36.5 Å². The lowest BCUT2D eigenvalue weighted by Gasteiger charge is -2.15. The number of allylic oxidation sites excluding steroid dienone is 6. The van der Waals surface area contributed by atoms with E-state index in [0.717, 1.165) is 96.3 Å². The van der Waals surface area contributed by atoms with Gasteiger partial charge in [0.1, 0.15) is 0 Å². The largest absolute Gasteiger partial charge is 0.299 e. The van der Waals surface area contributed by atoms with Crippen molar-refractivity contribution in [1.82, 2.24) is 0 Å². The molecule has 0 saturated heterocycles. The van der Waals surface area contributed by atoms with E-state index in [0.29, 0.717) is 19.3 Å². The minimum absolute atomic E-state index is 0.0890. The topological polar surface area (TPSA) is 68.3 Å². The maximum Gasteiger partial charge on any atom is 0.272 e. The van der Waals surface area contributed by atoms with E-state index in [1.54, 1.807) is 0 Å². The summed E-state index contributed by atoms with van der Waals surface area (Å²) in [5.74, 6) is 0. The maximum absolute atomic E-state index is 14.2. The third kappa shape index (κ3) is 36.8. The summed E-state index contributed by atoms with van der Waals surface area (Å²) >= 11 is 0. The van der Waals surface area contributed by atoms with Gasteiger partial charge in [-0.25, -0.2) is 0 Å². The molecule has 0 aromatic rings. The molecule has 0 amide bonds. The normalized spacial score (nSPS) is 13.0. The van der Waals surface area contributed by atoms with Gasteiger partial charge in [0.2, 0.25) is 16.6 Å². The van der Waals surface area contributed by atoms with Crippen molar-refractivity contribution in [2.24, 2.45) is 0 Å². The van der Waals surface area contributed by atoms with E-state index >= 15 is 0 Å².